The molecule has 0 aliphatic carbocycles. The van der Waals surface area contributed by atoms with Crippen LogP contribution < -0.4 is 20.1 Å². The molecule has 0 amide bonds. The molecule has 1 saturated heterocycles. The standard InChI is InChI=1S/C14H19N3O4/c15-8-10-2-1-3-16(9-10)11-6-13-14(21-5-4-20-13)7-12(11)17(18)19/h6-7,10H,1-5,8-9,15H2. The van der Waals surface area contributed by atoms with Crippen LogP contribution in [-0.2, 0) is 0 Å². The monoisotopic (exact) mass is 293 g/mol. The van der Waals surface area contributed by atoms with Gasteiger partial charge in [-0.25, -0.2) is 0 Å². The van der Waals surface area contributed by atoms with Gasteiger partial charge in [0, 0.05) is 19.2 Å². The predicted octanol–water partition coefficient (Wildman–Crippen LogP) is 1.54. The van der Waals surface area contributed by atoms with E-state index in [9.17, 15) is 10.1 Å². The molecule has 1 fully saturated rings. The van der Waals surface area contributed by atoms with E-state index < -0.39 is 0 Å². The van der Waals surface area contributed by atoms with E-state index in [0.29, 0.717) is 42.9 Å². The minimum atomic E-state index is -0.361. The van der Waals surface area contributed by atoms with E-state index in [1.807, 2.05) is 4.90 Å². The topological polar surface area (TPSA) is 90.9 Å². The van der Waals surface area contributed by atoms with Gasteiger partial charge in [-0.3, -0.25) is 10.1 Å². The zero-order valence-corrected chi connectivity index (χ0v) is 11.8. The van der Waals surface area contributed by atoms with Crippen molar-refractivity contribution in [3.05, 3.63) is 22.2 Å². The molecule has 1 aromatic carbocycles. The number of hydrogen-bond donors (Lipinski definition) is 1. The molecule has 2 aliphatic heterocycles. The van der Waals surface area contributed by atoms with Crippen molar-refractivity contribution in [2.24, 2.45) is 11.7 Å². The van der Waals surface area contributed by atoms with E-state index in [4.69, 9.17) is 15.2 Å². The molecule has 114 valence electrons. The predicted molar refractivity (Wildman–Crippen MR) is 78.1 cm³/mol. The van der Waals surface area contributed by atoms with E-state index in [1.165, 1.54) is 6.07 Å². The lowest BCUT2D eigenvalue weighted by Crippen LogP contribution is -2.38. The maximum atomic E-state index is 11.4. The largest absolute Gasteiger partial charge is 0.486 e. The molecule has 0 saturated carbocycles. The van der Waals surface area contributed by atoms with Crippen LogP contribution in [0.1, 0.15) is 12.8 Å². The van der Waals surface area contributed by atoms with Gasteiger partial charge in [0.05, 0.1) is 11.0 Å². The second-order valence-corrected chi connectivity index (χ2v) is 5.43. The van der Waals surface area contributed by atoms with Crippen molar-refractivity contribution >= 4 is 11.4 Å². The number of benzene rings is 1. The molecule has 0 spiro atoms. The van der Waals surface area contributed by atoms with Crippen LogP contribution in [0.3, 0.4) is 0 Å². The zero-order chi connectivity index (χ0) is 14.8. The number of anilines is 1. The Kier molecular flexibility index (Phi) is 3.83. The van der Waals surface area contributed by atoms with Crippen LogP contribution in [0.2, 0.25) is 0 Å². The normalized spacial score (nSPS) is 21.2. The number of nitro groups is 1. The average molecular weight is 293 g/mol. The second kappa shape index (κ2) is 5.77. The van der Waals surface area contributed by atoms with Gasteiger partial charge in [-0.1, -0.05) is 0 Å². The van der Waals surface area contributed by atoms with Crippen molar-refractivity contribution in [2.75, 3.05) is 37.7 Å². The molecule has 2 N–H and O–H groups in total. The fourth-order valence-electron chi connectivity index (χ4n) is 2.94. The summed E-state index contributed by atoms with van der Waals surface area (Å²) in [4.78, 5) is 13.0. The van der Waals surface area contributed by atoms with Crippen LogP contribution in [-0.4, -0.2) is 37.8 Å². The second-order valence-electron chi connectivity index (χ2n) is 5.43. The van der Waals surface area contributed by atoms with Crippen molar-refractivity contribution in [1.29, 1.82) is 0 Å². The number of nitrogens with zero attached hydrogens (tertiary/aromatic N) is 2. The van der Waals surface area contributed by atoms with Gasteiger partial charge in [0.1, 0.15) is 18.9 Å². The number of nitrogens with two attached hydrogens (primary N) is 1. The molecule has 1 atom stereocenters. The molecule has 21 heavy (non-hydrogen) atoms. The number of piperidine rings is 1. The van der Waals surface area contributed by atoms with E-state index in [2.05, 4.69) is 0 Å². The summed E-state index contributed by atoms with van der Waals surface area (Å²) in [7, 11) is 0. The Balaban J connectivity index is 1.97. The van der Waals surface area contributed by atoms with Crippen LogP contribution in [0.15, 0.2) is 12.1 Å². The molecule has 0 aromatic heterocycles. The summed E-state index contributed by atoms with van der Waals surface area (Å²) in [5.41, 5.74) is 6.41. The molecule has 2 heterocycles. The van der Waals surface area contributed by atoms with Crippen molar-refractivity contribution < 1.29 is 14.4 Å². The van der Waals surface area contributed by atoms with Crippen molar-refractivity contribution in [3.63, 3.8) is 0 Å². The lowest BCUT2D eigenvalue weighted by atomic mass is 9.97. The van der Waals surface area contributed by atoms with E-state index >= 15 is 0 Å². The minimum absolute atomic E-state index is 0.0666. The van der Waals surface area contributed by atoms with Gasteiger partial charge in [-0.2, -0.15) is 0 Å². The van der Waals surface area contributed by atoms with E-state index in [-0.39, 0.29) is 10.6 Å². The molecular weight excluding hydrogens is 274 g/mol. The number of fused-ring (bicyclic) bond motifs is 1. The molecule has 7 nitrogen and oxygen atoms in total. The Labute approximate surface area is 122 Å². The Morgan fingerprint density at radius 2 is 2.05 bits per heavy atom. The Hall–Kier alpha value is -2.02. The highest BCUT2D eigenvalue weighted by molar-refractivity contribution is 5.70. The molecule has 0 radical (unpaired) electrons. The molecule has 0 bridgehead atoms. The minimum Gasteiger partial charge on any atom is -0.486 e. The molecule has 3 rings (SSSR count). The van der Waals surface area contributed by atoms with E-state index in [1.54, 1.807) is 6.07 Å². The Bertz CT molecular complexity index is 549. The lowest BCUT2D eigenvalue weighted by Gasteiger charge is -2.34. The lowest BCUT2D eigenvalue weighted by molar-refractivity contribution is -0.384. The molecular formula is C14H19N3O4. The number of nitro benzene ring substituents is 1. The number of rotatable bonds is 3. The van der Waals surface area contributed by atoms with Crippen LogP contribution in [0, 0.1) is 16.0 Å². The summed E-state index contributed by atoms with van der Waals surface area (Å²) in [6.45, 7) is 3.04. The molecule has 1 aromatic rings. The highest BCUT2D eigenvalue weighted by atomic mass is 16.6. The quantitative estimate of drug-likeness (QED) is 0.671. The van der Waals surface area contributed by atoms with Gasteiger partial charge in [0.25, 0.3) is 5.69 Å². The van der Waals surface area contributed by atoms with Crippen molar-refractivity contribution in [2.45, 2.75) is 12.8 Å². The number of hydrogen-bond acceptors (Lipinski definition) is 6. The van der Waals surface area contributed by atoms with Crippen LogP contribution in [0.4, 0.5) is 11.4 Å². The molecule has 2 aliphatic rings. The highest BCUT2D eigenvalue weighted by Crippen LogP contribution is 2.42. The third-order valence-corrected chi connectivity index (χ3v) is 4.03. The molecule has 1 unspecified atom stereocenters. The smallest absolute Gasteiger partial charge is 0.296 e. The van der Waals surface area contributed by atoms with Crippen molar-refractivity contribution in [3.8, 4) is 11.5 Å². The maximum absolute atomic E-state index is 11.4. The van der Waals surface area contributed by atoms with Gasteiger partial charge >= 0.3 is 0 Å². The third kappa shape index (κ3) is 2.73. The van der Waals surface area contributed by atoms with Crippen molar-refractivity contribution in [1.82, 2.24) is 0 Å². The van der Waals surface area contributed by atoms with Gasteiger partial charge in [0.2, 0.25) is 0 Å². The first-order valence-electron chi connectivity index (χ1n) is 7.22. The first-order valence-corrected chi connectivity index (χ1v) is 7.22. The summed E-state index contributed by atoms with van der Waals surface area (Å²) in [6, 6.07) is 3.20. The molecule has 7 heteroatoms. The Morgan fingerprint density at radius 1 is 1.33 bits per heavy atom. The highest BCUT2D eigenvalue weighted by Gasteiger charge is 2.28. The van der Waals surface area contributed by atoms with E-state index in [0.717, 1.165) is 25.9 Å². The van der Waals surface area contributed by atoms with Gasteiger partial charge < -0.3 is 20.1 Å². The SMILES string of the molecule is NCC1CCCN(c2cc3c(cc2[N+](=O)[O-])OCCO3)C1. The van der Waals surface area contributed by atoms with Gasteiger partial charge in [0.15, 0.2) is 11.5 Å². The third-order valence-electron chi connectivity index (χ3n) is 4.03. The summed E-state index contributed by atoms with van der Waals surface area (Å²) in [5.74, 6) is 1.41. The Morgan fingerprint density at radius 3 is 2.71 bits per heavy atom. The fourth-order valence-corrected chi connectivity index (χ4v) is 2.94. The first-order chi connectivity index (χ1) is 10.2. The summed E-state index contributed by atoms with van der Waals surface area (Å²) in [5, 5.41) is 11.4. The van der Waals surface area contributed by atoms with Crippen LogP contribution in [0.25, 0.3) is 0 Å². The maximum Gasteiger partial charge on any atom is 0.296 e. The van der Waals surface area contributed by atoms with Crippen LogP contribution in [0.5, 0.6) is 11.5 Å². The fraction of sp³-hybridized carbons (Fsp3) is 0.571. The average Bonchev–Trinajstić information content (AvgIpc) is 2.53. The van der Waals surface area contributed by atoms with Gasteiger partial charge in [-0.15, -0.1) is 0 Å². The van der Waals surface area contributed by atoms with Crippen LogP contribution >= 0.6 is 0 Å². The van der Waals surface area contributed by atoms with Gasteiger partial charge in [-0.05, 0) is 25.3 Å². The summed E-state index contributed by atoms with van der Waals surface area (Å²) < 4.78 is 11.0. The summed E-state index contributed by atoms with van der Waals surface area (Å²) in [6.07, 6.45) is 2.07. The zero-order valence-electron chi connectivity index (χ0n) is 11.8. The summed E-state index contributed by atoms with van der Waals surface area (Å²) >= 11 is 0. The number of ether oxygens (including phenoxy) is 2. The first kappa shape index (κ1) is 13.9.